The number of nitrogens with zero attached hydrogens (tertiary/aromatic N) is 2. The molecule has 0 bridgehead atoms. The number of aromatic nitrogens is 1. The molecule has 1 amide bonds. The molecule has 1 saturated heterocycles. The second-order valence-corrected chi connectivity index (χ2v) is 10.3. The van der Waals surface area contributed by atoms with Gasteiger partial charge in [0.15, 0.2) is 5.13 Å². The van der Waals surface area contributed by atoms with E-state index in [1.807, 2.05) is 31.2 Å². The zero-order valence-electron chi connectivity index (χ0n) is 18.6. The molecule has 6 nitrogen and oxygen atoms in total. The van der Waals surface area contributed by atoms with Gasteiger partial charge < -0.3 is 9.84 Å². The number of hydrogen-bond acceptors (Lipinski definition) is 6. The molecule has 1 fully saturated rings. The van der Waals surface area contributed by atoms with E-state index in [1.54, 1.807) is 36.4 Å². The Bertz CT molecular complexity index is 1550. The number of benzene rings is 3. The predicted molar refractivity (Wildman–Crippen MR) is 141 cm³/mol. The van der Waals surface area contributed by atoms with Gasteiger partial charge in [-0.1, -0.05) is 52.8 Å². The molecule has 1 aliphatic heterocycles. The van der Waals surface area contributed by atoms with Gasteiger partial charge in [-0.15, -0.1) is 0 Å². The van der Waals surface area contributed by atoms with E-state index in [1.165, 1.54) is 23.3 Å². The molecule has 1 N–H and O–H groups in total. The minimum atomic E-state index is -0.855. The SMILES string of the molecule is COc1ccc(/C(O)=C2\C(=O)C(=O)N(c3nc4ccc(Cl)cc4s3)C2c2cccc(C)c2)cc1Br. The Morgan fingerprint density at radius 3 is 2.66 bits per heavy atom. The van der Waals surface area contributed by atoms with Crippen LogP contribution in [-0.4, -0.2) is 28.9 Å². The second-order valence-electron chi connectivity index (χ2n) is 8.04. The smallest absolute Gasteiger partial charge is 0.301 e. The third kappa shape index (κ3) is 4.11. The number of aryl methyl sites for hydroxylation is 1. The fourth-order valence-electron chi connectivity index (χ4n) is 4.14. The molecule has 1 atom stereocenters. The van der Waals surface area contributed by atoms with Crippen LogP contribution in [-0.2, 0) is 9.59 Å². The number of carbonyl (C=O) groups excluding carboxylic acids is 2. The molecule has 176 valence electrons. The summed E-state index contributed by atoms with van der Waals surface area (Å²) >= 11 is 10.8. The van der Waals surface area contributed by atoms with Crippen molar-refractivity contribution in [3.05, 3.63) is 92.4 Å². The van der Waals surface area contributed by atoms with Crippen LogP contribution >= 0.6 is 38.9 Å². The number of aliphatic hydroxyl groups excluding tert-OH is 1. The highest BCUT2D eigenvalue weighted by Gasteiger charge is 2.48. The Hall–Kier alpha value is -3.20. The zero-order valence-corrected chi connectivity index (χ0v) is 21.7. The maximum atomic E-state index is 13.4. The van der Waals surface area contributed by atoms with E-state index in [0.717, 1.165) is 10.3 Å². The van der Waals surface area contributed by atoms with Crippen LogP contribution in [0.25, 0.3) is 16.0 Å². The molecule has 1 unspecified atom stereocenters. The standard InChI is InChI=1S/C26H18BrClN2O4S/c1-13-4-3-5-14(10-13)22-21(23(31)15-6-9-19(34-2)17(27)11-15)24(32)25(33)30(22)26-29-18-8-7-16(28)12-20(18)35-26/h3-12,22,31H,1-2H3/b23-21+. The molecule has 1 aliphatic rings. The van der Waals surface area contributed by atoms with Crippen molar-refractivity contribution >= 4 is 71.7 Å². The number of anilines is 1. The summed E-state index contributed by atoms with van der Waals surface area (Å²) in [5.74, 6) is -1.23. The first-order valence-electron chi connectivity index (χ1n) is 10.6. The van der Waals surface area contributed by atoms with E-state index in [2.05, 4.69) is 20.9 Å². The highest BCUT2D eigenvalue weighted by molar-refractivity contribution is 9.10. The Balaban J connectivity index is 1.73. The number of methoxy groups -OCH3 is 1. The summed E-state index contributed by atoms with van der Waals surface area (Å²) < 4.78 is 6.66. The van der Waals surface area contributed by atoms with Gasteiger partial charge in [0, 0.05) is 10.6 Å². The molecule has 0 radical (unpaired) electrons. The molecule has 5 rings (SSSR count). The maximum Gasteiger partial charge on any atom is 0.301 e. The number of thiazole rings is 1. The van der Waals surface area contributed by atoms with Crippen LogP contribution in [0.2, 0.25) is 5.02 Å². The van der Waals surface area contributed by atoms with Crippen molar-refractivity contribution in [3.63, 3.8) is 0 Å². The van der Waals surface area contributed by atoms with Crippen LogP contribution in [0.3, 0.4) is 0 Å². The third-order valence-corrected chi connectivity index (χ3v) is 7.65. The molecule has 3 aromatic carbocycles. The molecule has 9 heteroatoms. The van der Waals surface area contributed by atoms with Crippen molar-refractivity contribution in [3.8, 4) is 5.75 Å². The summed E-state index contributed by atoms with van der Waals surface area (Å²) in [5.41, 5.74) is 2.68. The quantitative estimate of drug-likeness (QED) is 0.169. The number of aliphatic hydroxyl groups is 1. The lowest BCUT2D eigenvalue weighted by molar-refractivity contribution is -0.132. The van der Waals surface area contributed by atoms with Gasteiger partial charge in [-0.2, -0.15) is 0 Å². The Morgan fingerprint density at radius 2 is 1.94 bits per heavy atom. The largest absolute Gasteiger partial charge is 0.507 e. The number of rotatable bonds is 4. The zero-order chi connectivity index (χ0) is 24.9. The highest BCUT2D eigenvalue weighted by atomic mass is 79.9. The van der Waals surface area contributed by atoms with Crippen molar-refractivity contribution in [2.75, 3.05) is 12.0 Å². The Morgan fingerprint density at radius 1 is 1.14 bits per heavy atom. The number of Topliss-reactive ketones (excluding diaryl/α,β-unsaturated/α-hetero) is 1. The first-order valence-corrected chi connectivity index (χ1v) is 12.5. The Labute approximate surface area is 218 Å². The number of ether oxygens (including phenoxy) is 1. The van der Waals surface area contributed by atoms with E-state index >= 15 is 0 Å². The number of carbonyl (C=O) groups is 2. The lowest BCUT2D eigenvalue weighted by atomic mass is 9.94. The minimum Gasteiger partial charge on any atom is -0.507 e. The van der Waals surface area contributed by atoms with Crippen LogP contribution < -0.4 is 9.64 Å². The van der Waals surface area contributed by atoms with Crippen LogP contribution in [0.4, 0.5) is 5.13 Å². The fraction of sp³-hybridized carbons (Fsp3) is 0.115. The second kappa shape index (κ2) is 9.11. The number of halogens is 2. The van der Waals surface area contributed by atoms with Crippen molar-refractivity contribution in [1.82, 2.24) is 4.98 Å². The van der Waals surface area contributed by atoms with Gasteiger partial charge in [0.2, 0.25) is 0 Å². The topological polar surface area (TPSA) is 79.7 Å². The summed E-state index contributed by atoms with van der Waals surface area (Å²) in [7, 11) is 1.54. The monoisotopic (exact) mass is 568 g/mol. The van der Waals surface area contributed by atoms with Crippen molar-refractivity contribution in [1.29, 1.82) is 0 Å². The number of ketones is 1. The van der Waals surface area contributed by atoms with Gasteiger partial charge >= 0.3 is 5.91 Å². The maximum absolute atomic E-state index is 13.4. The molecular weight excluding hydrogens is 552 g/mol. The average molecular weight is 570 g/mol. The summed E-state index contributed by atoms with van der Waals surface area (Å²) in [5, 5.41) is 12.2. The molecule has 35 heavy (non-hydrogen) atoms. The molecule has 1 aromatic heterocycles. The first kappa shape index (κ1) is 23.5. The number of fused-ring (bicyclic) bond motifs is 1. The van der Waals surface area contributed by atoms with Crippen LogP contribution in [0, 0.1) is 6.92 Å². The molecule has 4 aromatic rings. The van der Waals surface area contributed by atoms with Gasteiger partial charge in [-0.3, -0.25) is 14.5 Å². The molecule has 0 saturated carbocycles. The van der Waals surface area contributed by atoms with E-state index in [0.29, 0.717) is 37.0 Å². The minimum absolute atomic E-state index is 0.00467. The summed E-state index contributed by atoms with van der Waals surface area (Å²) in [6.07, 6.45) is 0. The predicted octanol–water partition coefficient (Wildman–Crippen LogP) is 6.66. The van der Waals surface area contributed by atoms with E-state index in [9.17, 15) is 14.7 Å². The van der Waals surface area contributed by atoms with Gasteiger partial charge in [-0.25, -0.2) is 4.98 Å². The van der Waals surface area contributed by atoms with E-state index in [4.69, 9.17) is 16.3 Å². The summed E-state index contributed by atoms with van der Waals surface area (Å²) in [6, 6.07) is 16.9. The van der Waals surface area contributed by atoms with E-state index < -0.39 is 17.7 Å². The molecule has 0 aliphatic carbocycles. The average Bonchev–Trinajstić information content (AvgIpc) is 3.36. The van der Waals surface area contributed by atoms with Gasteiger partial charge in [0.1, 0.15) is 11.5 Å². The van der Waals surface area contributed by atoms with Crippen LogP contribution in [0.1, 0.15) is 22.7 Å². The van der Waals surface area contributed by atoms with Crippen LogP contribution in [0.5, 0.6) is 5.75 Å². The Kier molecular flexibility index (Phi) is 6.13. The van der Waals surface area contributed by atoms with Gasteiger partial charge in [-0.05, 0) is 64.8 Å². The summed E-state index contributed by atoms with van der Waals surface area (Å²) in [6.45, 7) is 1.93. The number of hydrogen-bond donors (Lipinski definition) is 1. The highest BCUT2D eigenvalue weighted by Crippen LogP contribution is 2.45. The van der Waals surface area contributed by atoms with Crippen molar-refractivity contribution in [2.45, 2.75) is 13.0 Å². The normalized spacial score (nSPS) is 17.4. The lowest BCUT2D eigenvalue weighted by Crippen LogP contribution is -2.29. The molecule has 0 spiro atoms. The van der Waals surface area contributed by atoms with Gasteiger partial charge in [0.05, 0.1) is 33.4 Å². The van der Waals surface area contributed by atoms with E-state index in [-0.39, 0.29) is 11.3 Å². The van der Waals surface area contributed by atoms with Crippen molar-refractivity contribution < 1.29 is 19.4 Å². The fourth-order valence-corrected chi connectivity index (χ4v) is 5.95. The molecule has 2 heterocycles. The summed E-state index contributed by atoms with van der Waals surface area (Å²) in [4.78, 5) is 32.7. The van der Waals surface area contributed by atoms with Gasteiger partial charge in [0.25, 0.3) is 5.78 Å². The van der Waals surface area contributed by atoms with Crippen molar-refractivity contribution in [2.24, 2.45) is 0 Å². The third-order valence-electron chi connectivity index (χ3n) is 5.77. The lowest BCUT2D eigenvalue weighted by Gasteiger charge is -2.23. The number of amides is 1. The first-order chi connectivity index (χ1) is 16.8. The van der Waals surface area contributed by atoms with Crippen LogP contribution in [0.15, 0.2) is 70.7 Å². The molecular formula is C26H18BrClN2O4S.